The van der Waals surface area contributed by atoms with Crippen LogP contribution in [0.2, 0.25) is 5.02 Å². The highest BCUT2D eigenvalue weighted by Crippen LogP contribution is 2.26. The minimum absolute atomic E-state index is 0.762. The summed E-state index contributed by atoms with van der Waals surface area (Å²) in [5.41, 5.74) is 0. The molecule has 1 aromatic carbocycles. The summed E-state index contributed by atoms with van der Waals surface area (Å²) in [4.78, 5) is 1.05. The molecule has 3 heteroatoms. The van der Waals surface area contributed by atoms with Crippen molar-refractivity contribution in [2.24, 2.45) is 0 Å². The van der Waals surface area contributed by atoms with E-state index in [1.165, 1.54) is 6.08 Å². The smallest absolute Gasteiger partial charge is 0.0908 e. The van der Waals surface area contributed by atoms with Gasteiger partial charge in [-0.3, -0.25) is 0 Å². The van der Waals surface area contributed by atoms with Crippen LogP contribution in [0.25, 0.3) is 0 Å². The molecule has 1 aromatic rings. The molecule has 0 atom stereocenters. The highest BCUT2D eigenvalue weighted by Gasteiger charge is 1.96. The monoisotopic (exact) mass is 209 g/mol. The second-order valence-corrected chi connectivity index (χ2v) is 3.74. The Labute approximate surface area is 87.0 Å². The maximum Gasteiger partial charge on any atom is 0.0908 e. The van der Waals surface area contributed by atoms with Crippen molar-refractivity contribution in [3.63, 3.8) is 0 Å². The van der Waals surface area contributed by atoms with Gasteiger partial charge in [0.1, 0.15) is 0 Å². The van der Waals surface area contributed by atoms with Crippen LogP contribution < -0.4 is 0 Å². The number of rotatable bonds is 3. The Morgan fingerprint density at radius 2 is 2.23 bits per heavy atom. The largest absolute Gasteiger partial charge is 0.193 e. The van der Waals surface area contributed by atoms with Gasteiger partial charge in [0, 0.05) is 16.7 Å². The predicted molar refractivity (Wildman–Crippen MR) is 56.9 cm³/mol. The van der Waals surface area contributed by atoms with Crippen LogP contribution in [0.5, 0.6) is 0 Å². The van der Waals surface area contributed by atoms with Crippen molar-refractivity contribution < 1.29 is 0 Å². The van der Waals surface area contributed by atoms with E-state index in [1.54, 1.807) is 11.8 Å². The molecule has 1 nitrogen and oxygen atoms in total. The van der Waals surface area contributed by atoms with E-state index in [1.807, 2.05) is 36.4 Å². The van der Waals surface area contributed by atoms with Gasteiger partial charge in [0.05, 0.1) is 11.1 Å². The van der Waals surface area contributed by atoms with Gasteiger partial charge in [0.2, 0.25) is 0 Å². The Hall–Kier alpha value is -0.910. The SMILES string of the molecule is N#C/C=C/CSc1ccccc1Cl. The Morgan fingerprint density at radius 1 is 1.46 bits per heavy atom. The van der Waals surface area contributed by atoms with Crippen molar-refractivity contribution >= 4 is 23.4 Å². The van der Waals surface area contributed by atoms with E-state index < -0.39 is 0 Å². The first-order valence-corrected chi connectivity index (χ1v) is 5.13. The Balaban J connectivity index is 2.51. The van der Waals surface area contributed by atoms with E-state index in [-0.39, 0.29) is 0 Å². The minimum atomic E-state index is 0.762. The first kappa shape index (κ1) is 10.2. The molecule has 1 rings (SSSR count). The third kappa shape index (κ3) is 3.54. The van der Waals surface area contributed by atoms with E-state index in [4.69, 9.17) is 16.9 Å². The van der Waals surface area contributed by atoms with Gasteiger partial charge >= 0.3 is 0 Å². The first-order valence-electron chi connectivity index (χ1n) is 3.76. The van der Waals surface area contributed by atoms with E-state index >= 15 is 0 Å². The van der Waals surface area contributed by atoms with E-state index in [9.17, 15) is 0 Å². The molecule has 0 saturated heterocycles. The molecule has 0 aliphatic rings. The van der Waals surface area contributed by atoms with Gasteiger partial charge < -0.3 is 0 Å². The number of allylic oxidation sites excluding steroid dienone is 1. The lowest BCUT2D eigenvalue weighted by Crippen LogP contribution is -1.75. The number of hydrogen-bond acceptors (Lipinski definition) is 2. The standard InChI is InChI=1S/C10H8ClNS/c11-9-5-1-2-6-10(9)13-8-4-3-7-12/h1-6H,8H2/b4-3+. The van der Waals surface area contributed by atoms with Crippen LogP contribution in [0.15, 0.2) is 41.3 Å². The molecule has 0 fully saturated rings. The molecule has 0 aliphatic carbocycles. The third-order valence-corrected chi connectivity index (χ3v) is 2.83. The van der Waals surface area contributed by atoms with Crippen molar-refractivity contribution in [3.8, 4) is 6.07 Å². The van der Waals surface area contributed by atoms with Gasteiger partial charge in [0.15, 0.2) is 0 Å². The zero-order valence-electron chi connectivity index (χ0n) is 6.90. The Bertz CT molecular complexity index is 341. The zero-order valence-corrected chi connectivity index (χ0v) is 8.48. The highest BCUT2D eigenvalue weighted by atomic mass is 35.5. The summed E-state index contributed by atoms with van der Waals surface area (Å²) in [6.45, 7) is 0. The number of benzene rings is 1. The Morgan fingerprint density at radius 3 is 2.92 bits per heavy atom. The summed E-state index contributed by atoms with van der Waals surface area (Å²) >= 11 is 7.54. The van der Waals surface area contributed by atoms with Crippen molar-refractivity contribution in [3.05, 3.63) is 41.4 Å². The Kier molecular flexibility index (Phi) is 4.45. The van der Waals surface area contributed by atoms with Gasteiger partial charge in [-0.25, -0.2) is 0 Å². The lowest BCUT2D eigenvalue weighted by atomic mass is 10.4. The number of nitrogens with zero attached hydrogens (tertiary/aromatic N) is 1. The van der Waals surface area contributed by atoms with E-state index in [2.05, 4.69) is 0 Å². The van der Waals surface area contributed by atoms with Crippen LogP contribution in [0.3, 0.4) is 0 Å². The number of hydrogen-bond donors (Lipinski definition) is 0. The number of nitriles is 1. The molecule has 66 valence electrons. The molecule has 0 aliphatic heterocycles. The van der Waals surface area contributed by atoms with Crippen LogP contribution >= 0.6 is 23.4 Å². The van der Waals surface area contributed by atoms with Crippen LogP contribution in [0.1, 0.15) is 0 Å². The molecule has 0 heterocycles. The van der Waals surface area contributed by atoms with Gasteiger partial charge in [-0.1, -0.05) is 29.8 Å². The number of thioether (sulfide) groups is 1. The van der Waals surface area contributed by atoms with Gasteiger partial charge in [0.25, 0.3) is 0 Å². The zero-order chi connectivity index (χ0) is 9.52. The van der Waals surface area contributed by atoms with Gasteiger partial charge in [-0.05, 0) is 12.1 Å². The van der Waals surface area contributed by atoms with Crippen molar-refractivity contribution in [2.45, 2.75) is 4.90 Å². The van der Waals surface area contributed by atoms with Gasteiger partial charge in [-0.15, -0.1) is 11.8 Å². The fourth-order valence-electron chi connectivity index (χ4n) is 0.800. The highest BCUT2D eigenvalue weighted by molar-refractivity contribution is 7.99. The summed E-state index contributed by atoms with van der Waals surface area (Å²) in [7, 11) is 0. The molecule has 0 amide bonds. The normalized spacial score (nSPS) is 10.2. The molecule has 0 unspecified atom stereocenters. The summed E-state index contributed by atoms with van der Waals surface area (Å²) < 4.78 is 0. The average Bonchev–Trinajstić information content (AvgIpc) is 2.15. The second kappa shape index (κ2) is 5.69. The molecule has 0 spiro atoms. The summed E-state index contributed by atoms with van der Waals surface area (Å²) in [5, 5.41) is 9.01. The fourth-order valence-corrected chi connectivity index (χ4v) is 1.85. The topological polar surface area (TPSA) is 23.8 Å². The van der Waals surface area contributed by atoms with Crippen LogP contribution in [0, 0.1) is 11.3 Å². The van der Waals surface area contributed by atoms with Crippen LogP contribution in [-0.4, -0.2) is 5.75 Å². The van der Waals surface area contributed by atoms with Crippen molar-refractivity contribution in [2.75, 3.05) is 5.75 Å². The average molecular weight is 210 g/mol. The third-order valence-electron chi connectivity index (χ3n) is 1.36. The molecular formula is C10H8ClNS. The van der Waals surface area contributed by atoms with Crippen LogP contribution in [0.4, 0.5) is 0 Å². The quantitative estimate of drug-likeness (QED) is 0.562. The maximum atomic E-state index is 8.25. The molecule has 13 heavy (non-hydrogen) atoms. The first-order chi connectivity index (χ1) is 6.34. The lowest BCUT2D eigenvalue weighted by Gasteiger charge is -1.99. The molecule has 0 radical (unpaired) electrons. The summed E-state index contributed by atoms with van der Waals surface area (Å²) in [5.74, 6) is 0.775. The summed E-state index contributed by atoms with van der Waals surface area (Å²) in [6, 6.07) is 9.61. The molecule has 0 aromatic heterocycles. The second-order valence-electron chi connectivity index (χ2n) is 2.27. The molecule has 0 bridgehead atoms. The van der Waals surface area contributed by atoms with E-state index in [0.717, 1.165) is 15.7 Å². The molecule has 0 N–H and O–H groups in total. The number of halogens is 1. The summed E-state index contributed by atoms with van der Waals surface area (Å²) in [6.07, 6.45) is 3.29. The molecular weight excluding hydrogens is 202 g/mol. The van der Waals surface area contributed by atoms with Crippen LogP contribution in [-0.2, 0) is 0 Å². The molecule has 0 saturated carbocycles. The predicted octanol–water partition coefficient (Wildman–Crippen LogP) is 3.51. The van der Waals surface area contributed by atoms with Crippen molar-refractivity contribution in [1.82, 2.24) is 0 Å². The fraction of sp³-hybridized carbons (Fsp3) is 0.100. The lowest BCUT2D eigenvalue weighted by molar-refractivity contribution is 1.46. The minimum Gasteiger partial charge on any atom is -0.193 e. The van der Waals surface area contributed by atoms with Gasteiger partial charge in [-0.2, -0.15) is 5.26 Å². The maximum absolute atomic E-state index is 8.25. The van der Waals surface area contributed by atoms with Crippen molar-refractivity contribution in [1.29, 1.82) is 5.26 Å². The van der Waals surface area contributed by atoms with E-state index in [0.29, 0.717) is 0 Å².